The summed E-state index contributed by atoms with van der Waals surface area (Å²) in [4.78, 5) is 16.6. The van der Waals surface area contributed by atoms with Gasteiger partial charge in [0.05, 0.1) is 24.4 Å². The van der Waals surface area contributed by atoms with E-state index in [1.807, 2.05) is 36.4 Å². The highest BCUT2D eigenvalue weighted by Crippen LogP contribution is 2.29. The summed E-state index contributed by atoms with van der Waals surface area (Å²) in [7, 11) is 3.21. The predicted octanol–water partition coefficient (Wildman–Crippen LogP) is 4.73. The first kappa shape index (κ1) is 17.4. The number of carbonyl (C=O) groups is 1. The Morgan fingerprint density at radius 1 is 1.20 bits per heavy atom. The minimum absolute atomic E-state index is 0.256. The average molecular weight is 419 g/mol. The van der Waals surface area contributed by atoms with Crippen LogP contribution in [0.2, 0.25) is 0 Å². The minimum Gasteiger partial charge on any atom is -0.497 e. The third-order valence-electron chi connectivity index (χ3n) is 3.43. The van der Waals surface area contributed by atoms with E-state index in [0.717, 1.165) is 26.0 Å². The van der Waals surface area contributed by atoms with Gasteiger partial charge in [0.1, 0.15) is 11.5 Å². The molecule has 7 heteroatoms. The lowest BCUT2D eigenvalue weighted by Gasteiger charge is -2.04. The molecule has 1 heterocycles. The number of thiazole rings is 1. The predicted molar refractivity (Wildman–Crippen MR) is 105 cm³/mol. The summed E-state index contributed by atoms with van der Waals surface area (Å²) in [5, 5.41) is 3.32. The van der Waals surface area contributed by atoms with Gasteiger partial charge < -0.3 is 9.47 Å². The van der Waals surface area contributed by atoms with E-state index in [-0.39, 0.29) is 5.91 Å². The number of hydrogen-bond donors (Lipinski definition) is 1. The second-order valence-electron chi connectivity index (χ2n) is 5.06. The van der Waals surface area contributed by atoms with Crippen molar-refractivity contribution in [3.05, 3.63) is 52.5 Å². The van der Waals surface area contributed by atoms with Gasteiger partial charge in [-0.1, -0.05) is 27.3 Å². The first-order chi connectivity index (χ1) is 12.1. The number of aromatic nitrogens is 1. The van der Waals surface area contributed by atoms with Crippen molar-refractivity contribution < 1.29 is 14.3 Å². The lowest BCUT2D eigenvalue weighted by molar-refractivity contribution is -0.111. The number of carbonyl (C=O) groups excluding carboxylic acids is 1. The fourth-order valence-corrected chi connectivity index (χ4v) is 3.51. The third kappa shape index (κ3) is 4.18. The number of anilines is 1. The Morgan fingerprint density at radius 2 is 2.04 bits per heavy atom. The maximum atomic E-state index is 12.2. The molecule has 1 aromatic heterocycles. The van der Waals surface area contributed by atoms with Crippen LogP contribution in [-0.4, -0.2) is 25.1 Å². The van der Waals surface area contributed by atoms with Crippen molar-refractivity contribution >= 4 is 54.6 Å². The zero-order valence-corrected chi connectivity index (χ0v) is 16.0. The molecule has 0 aliphatic heterocycles. The fraction of sp³-hybridized carbons (Fsp3) is 0.111. The van der Waals surface area contributed by atoms with Gasteiger partial charge in [0.15, 0.2) is 5.13 Å². The fourth-order valence-electron chi connectivity index (χ4n) is 2.23. The Balaban J connectivity index is 1.75. The Kier molecular flexibility index (Phi) is 5.35. The summed E-state index contributed by atoms with van der Waals surface area (Å²) in [5.41, 5.74) is 1.62. The second-order valence-corrected chi connectivity index (χ2v) is 7.01. The average Bonchev–Trinajstić information content (AvgIpc) is 3.01. The van der Waals surface area contributed by atoms with E-state index in [1.54, 1.807) is 20.3 Å². The molecule has 1 amide bonds. The van der Waals surface area contributed by atoms with Crippen LogP contribution >= 0.6 is 27.3 Å². The van der Waals surface area contributed by atoms with Crippen LogP contribution < -0.4 is 14.8 Å². The molecule has 5 nitrogen and oxygen atoms in total. The molecule has 3 rings (SSSR count). The van der Waals surface area contributed by atoms with Crippen LogP contribution in [0.5, 0.6) is 11.5 Å². The minimum atomic E-state index is -0.256. The molecule has 3 aromatic rings. The molecule has 0 saturated carbocycles. The standard InChI is InChI=1S/C18H15BrN2O3S/c1-23-13-5-6-14-16(10-13)25-18(20-14)21-17(22)8-3-11-9-12(19)4-7-15(11)24-2/h3-10H,1-2H3,(H,20,21,22)/b8-3+. The normalized spacial score (nSPS) is 11.0. The molecule has 0 bridgehead atoms. The quantitative estimate of drug-likeness (QED) is 0.608. The third-order valence-corrected chi connectivity index (χ3v) is 4.86. The van der Waals surface area contributed by atoms with Crippen molar-refractivity contribution in [2.45, 2.75) is 0 Å². The monoisotopic (exact) mass is 418 g/mol. The first-order valence-corrected chi connectivity index (χ1v) is 8.97. The second kappa shape index (κ2) is 7.67. The zero-order chi connectivity index (χ0) is 17.8. The van der Waals surface area contributed by atoms with Gasteiger partial charge in [0.2, 0.25) is 5.91 Å². The van der Waals surface area contributed by atoms with Crippen molar-refractivity contribution in [3.63, 3.8) is 0 Å². The Morgan fingerprint density at radius 3 is 2.80 bits per heavy atom. The first-order valence-electron chi connectivity index (χ1n) is 7.36. The van der Waals surface area contributed by atoms with Crippen LogP contribution in [0.4, 0.5) is 5.13 Å². The maximum Gasteiger partial charge on any atom is 0.250 e. The van der Waals surface area contributed by atoms with Crippen LogP contribution in [0.1, 0.15) is 5.56 Å². The number of fused-ring (bicyclic) bond motifs is 1. The molecule has 25 heavy (non-hydrogen) atoms. The topological polar surface area (TPSA) is 60.5 Å². The van der Waals surface area contributed by atoms with Crippen molar-refractivity contribution in [1.29, 1.82) is 0 Å². The van der Waals surface area contributed by atoms with Gasteiger partial charge in [0, 0.05) is 16.1 Å². The Hall–Kier alpha value is -2.38. The van der Waals surface area contributed by atoms with Gasteiger partial charge in [-0.3, -0.25) is 10.1 Å². The van der Waals surface area contributed by atoms with E-state index in [9.17, 15) is 4.79 Å². The highest BCUT2D eigenvalue weighted by molar-refractivity contribution is 9.10. The Bertz CT molecular complexity index is 953. The van der Waals surface area contributed by atoms with Gasteiger partial charge in [0.25, 0.3) is 0 Å². The summed E-state index contributed by atoms with van der Waals surface area (Å²) in [6.45, 7) is 0. The number of ether oxygens (including phenoxy) is 2. The summed E-state index contributed by atoms with van der Waals surface area (Å²) in [6.07, 6.45) is 3.16. The molecular formula is C18H15BrN2O3S. The van der Waals surface area contributed by atoms with Gasteiger partial charge in [-0.05, 0) is 42.5 Å². The number of nitrogens with one attached hydrogen (secondary N) is 1. The summed E-state index contributed by atoms with van der Waals surface area (Å²) in [6, 6.07) is 11.2. The molecule has 1 N–H and O–H groups in total. The number of halogens is 1. The van der Waals surface area contributed by atoms with E-state index in [2.05, 4.69) is 26.2 Å². The van der Waals surface area contributed by atoms with Gasteiger partial charge in [-0.15, -0.1) is 0 Å². The van der Waals surface area contributed by atoms with Crippen LogP contribution in [0.25, 0.3) is 16.3 Å². The zero-order valence-electron chi connectivity index (χ0n) is 13.6. The highest BCUT2D eigenvalue weighted by Gasteiger charge is 2.07. The number of nitrogens with zero attached hydrogens (tertiary/aromatic N) is 1. The van der Waals surface area contributed by atoms with Gasteiger partial charge in [-0.2, -0.15) is 0 Å². The molecule has 0 saturated heterocycles. The van der Waals surface area contributed by atoms with Crippen molar-refractivity contribution in [1.82, 2.24) is 4.98 Å². The van der Waals surface area contributed by atoms with E-state index in [4.69, 9.17) is 9.47 Å². The van der Waals surface area contributed by atoms with E-state index < -0.39 is 0 Å². The molecule has 0 radical (unpaired) electrons. The van der Waals surface area contributed by atoms with Gasteiger partial charge >= 0.3 is 0 Å². The molecule has 0 spiro atoms. The van der Waals surface area contributed by atoms with Crippen LogP contribution in [0.15, 0.2) is 46.9 Å². The smallest absolute Gasteiger partial charge is 0.250 e. The van der Waals surface area contributed by atoms with E-state index in [0.29, 0.717) is 10.9 Å². The molecular weight excluding hydrogens is 404 g/mol. The largest absolute Gasteiger partial charge is 0.497 e. The summed E-state index contributed by atoms with van der Waals surface area (Å²) < 4.78 is 12.3. The molecule has 2 aromatic carbocycles. The molecule has 0 aliphatic carbocycles. The summed E-state index contributed by atoms with van der Waals surface area (Å²) >= 11 is 4.81. The van der Waals surface area contributed by atoms with Crippen LogP contribution in [0.3, 0.4) is 0 Å². The molecule has 128 valence electrons. The SMILES string of the molecule is COc1ccc2nc(NC(=O)/C=C/c3cc(Br)ccc3OC)sc2c1. The molecule has 0 unspecified atom stereocenters. The Labute approximate surface area is 157 Å². The van der Waals surface area contributed by atoms with Crippen LogP contribution in [-0.2, 0) is 4.79 Å². The number of rotatable bonds is 5. The maximum absolute atomic E-state index is 12.2. The van der Waals surface area contributed by atoms with Crippen LogP contribution in [0, 0.1) is 0 Å². The lowest BCUT2D eigenvalue weighted by Crippen LogP contribution is -2.07. The molecule has 0 aliphatic rings. The van der Waals surface area contributed by atoms with Crippen molar-refractivity contribution in [2.24, 2.45) is 0 Å². The summed E-state index contributed by atoms with van der Waals surface area (Å²) in [5.74, 6) is 1.20. The van der Waals surface area contributed by atoms with E-state index in [1.165, 1.54) is 17.4 Å². The lowest BCUT2D eigenvalue weighted by atomic mass is 10.2. The number of benzene rings is 2. The number of hydrogen-bond acceptors (Lipinski definition) is 5. The number of methoxy groups -OCH3 is 2. The molecule has 0 atom stereocenters. The van der Waals surface area contributed by atoms with Crippen molar-refractivity contribution in [2.75, 3.05) is 19.5 Å². The molecule has 0 fully saturated rings. The van der Waals surface area contributed by atoms with Gasteiger partial charge in [-0.25, -0.2) is 4.98 Å². The number of amides is 1. The van der Waals surface area contributed by atoms with E-state index >= 15 is 0 Å². The highest BCUT2D eigenvalue weighted by atomic mass is 79.9. The van der Waals surface area contributed by atoms with Crippen molar-refractivity contribution in [3.8, 4) is 11.5 Å².